The molecule has 0 aromatic heterocycles. The second-order valence-electron chi connectivity index (χ2n) is 5.39. The van der Waals surface area contributed by atoms with Crippen molar-refractivity contribution < 1.29 is 18.3 Å². The molecule has 0 bridgehead atoms. The minimum absolute atomic E-state index is 0.0253. The number of hydrogen-bond donors (Lipinski definition) is 1. The first kappa shape index (κ1) is 17.5. The Labute approximate surface area is 137 Å². The summed E-state index contributed by atoms with van der Waals surface area (Å²) in [6, 6.07) is 13.5. The normalized spacial score (nSPS) is 13.1. The summed E-state index contributed by atoms with van der Waals surface area (Å²) < 4.78 is 31.2. The summed E-state index contributed by atoms with van der Waals surface area (Å²) >= 11 is 0. The van der Waals surface area contributed by atoms with E-state index in [9.17, 15) is 13.5 Å². The van der Waals surface area contributed by atoms with E-state index in [1.807, 2.05) is 6.92 Å². The number of ether oxygens (including phenoxy) is 1. The molecule has 23 heavy (non-hydrogen) atoms. The van der Waals surface area contributed by atoms with Gasteiger partial charge in [-0.2, -0.15) is 4.31 Å². The average Bonchev–Trinajstić information content (AvgIpc) is 2.55. The maximum atomic E-state index is 12.5. The van der Waals surface area contributed by atoms with Gasteiger partial charge in [-0.3, -0.25) is 0 Å². The molecule has 0 radical (unpaired) electrons. The molecule has 2 aromatic carbocycles. The van der Waals surface area contributed by atoms with Crippen LogP contribution in [0, 0.1) is 6.92 Å². The molecule has 0 aliphatic carbocycles. The fraction of sp³-hybridized carbons (Fsp3) is 0.294. The summed E-state index contributed by atoms with van der Waals surface area (Å²) in [7, 11) is -0.600. The van der Waals surface area contributed by atoms with Crippen LogP contribution in [-0.4, -0.2) is 38.5 Å². The number of nitrogens with zero attached hydrogens (tertiary/aromatic N) is 1. The summed E-state index contributed by atoms with van der Waals surface area (Å²) in [4.78, 5) is 0.215. The fourth-order valence-corrected chi connectivity index (χ4v) is 3.34. The zero-order valence-electron chi connectivity index (χ0n) is 13.4. The van der Waals surface area contributed by atoms with Gasteiger partial charge in [0, 0.05) is 13.6 Å². The van der Waals surface area contributed by atoms with Gasteiger partial charge in [0.15, 0.2) is 0 Å². The smallest absolute Gasteiger partial charge is 0.242 e. The Morgan fingerprint density at radius 3 is 2.17 bits per heavy atom. The van der Waals surface area contributed by atoms with Crippen molar-refractivity contribution >= 4 is 10.0 Å². The topological polar surface area (TPSA) is 66.8 Å². The third-order valence-corrected chi connectivity index (χ3v) is 5.50. The van der Waals surface area contributed by atoms with Crippen LogP contribution in [0.5, 0.6) is 5.75 Å². The Balaban J connectivity index is 2.13. The van der Waals surface area contributed by atoms with Crippen molar-refractivity contribution in [3.8, 4) is 5.75 Å². The first-order chi connectivity index (χ1) is 10.8. The van der Waals surface area contributed by atoms with Crippen LogP contribution in [0.15, 0.2) is 53.4 Å². The van der Waals surface area contributed by atoms with E-state index in [0.29, 0.717) is 11.3 Å². The van der Waals surface area contributed by atoms with E-state index < -0.39 is 16.1 Å². The summed E-state index contributed by atoms with van der Waals surface area (Å²) in [6.45, 7) is 1.87. The molecular weight excluding hydrogens is 314 g/mol. The molecule has 124 valence electrons. The van der Waals surface area contributed by atoms with Crippen molar-refractivity contribution in [1.82, 2.24) is 4.31 Å². The van der Waals surface area contributed by atoms with Crippen molar-refractivity contribution in [3.05, 3.63) is 59.7 Å². The Bertz CT molecular complexity index is 739. The summed E-state index contributed by atoms with van der Waals surface area (Å²) in [5, 5.41) is 10.3. The number of likely N-dealkylation sites (N-methyl/N-ethyl adjacent to an activating group) is 1. The lowest BCUT2D eigenvalue weighted by Crippen LogP contribution is -2.31. The maximum absolute atomic E-state index is 12.5. The van der Waals surface area contributed by atoms with E-state index in [1.165, 1.54) is 7.05 Å². The van der Waals surface area contributed by atoms with E-state index in [1.54, 1.807) is 55.6 Å². The SMILES string of the molecule is COc1ccc(C(O)CN(C)S(=O)(=O)c2ccc(C)cc2)cc1. The van der Waals surface area contributed by atoms with Crippen LogP contribution in [0.3, 0.4) is 0 Å². The molecule has 0 fully saturated rings. The molecule has 2 aromatic rings. The fourth-order valence-electron chi connectivity index (χ4n) is 2.16. The highest BCUT2D eigenvalue weighted by Gasteiger charge is 2.23. The number of aliphatic hydroxyl groups excluding tert-OH is 1. The second kappa shape index (κ2) is 7.12. The van der Waals surface area contributed by atoms with Crippen LogP contribution < -0.4 is 4.74 Å². The van der Waals surface area contributed by atoms with Crippen LogP contribution in [0.25, 0.3) is 0 Å². The quantitative estimate of drug-likeness (QED) is 0.880. The van der Waals surface area contributed by atoms with E-state index in [4.69, 9.17) is 4.74 Å². The standard InChI is InChI=1S/C17H21NO4S/c1-13-4-10-16(11-5-13)23(20,21)18(2)12-17(19)14-6-8-15(22-3)9-7-14/h4-11,17,19H,12H2,1-3H3. The molecule has 2 rings (SSSR count). The molecule has 6 heteroatoms. The van der Waals surface area contributed by atoms with Crippen molar-refractivity contribution in [2.24, 2.45) is 0 Å². The average molecular weight is 335 g/mol. The largest absolute Gasteiger partial charge is 0.497 e. The molecule has 0 heterocycles. The van der Waals surface area contributed by atoms with Crippen LogP contribution in [-0.2, 0) is 10.0 Å². The molecule has 5 nitrogen and oxygen atoms in total. The van der Waals surface area contributed by atoms with Gasteiger partial charge in [-0.1, -0.05) is 29.8 Å². The molecule has 1 atom stereocenters. The van der Waals surface area contributed by atoms with Crippen molar-refractivity contribution in [2.75, 3.05) is 20.7 Å². The van der Waals surface area contributed by atoms with E-state index >= 15 is 0 Å². The van der Waals surface area contributed by atoms with E-state index in [-0.39, 0.29) is 11.4 Å². The van der Waals surface area contributed by atoms with Crippen LogP contribution in [0.1, 0.15) is 17.2 Å². The van der Waals surface area contributed by atoms with Crippen LogP contribution in [0.4, 0.5) is 0 Å². The molecule has 0 spiro atoms. The number of sulfonamides is 1. The molecular formula is C17H21NO4S. The van der Waals surface area contributed by atoms with Gasteiger partial charge in [0.25, 0.3) is 0 Å². The Hall–Kier alpha value is -1.89. The summed E-state index contributed by atoms with van der Waals surface area (Å²) in [5.74, 6) is 0.682. The van der Waals surface area contributed by atoms with Gasteiger partial charge in [-0.15, -0.1) is 0 Å². The van der Waals surface area contributed by atoms with Gasteiger partial charge >= 0.3 is 0 Å². The predicted octanol–water partition coefficient (Wildman–Crippen LogP) is 2.36. The van der Waals surface area contributed by atoms with Crippen molar-refractivity contribution in [1.29, 1.82) is 0 Å². The number of hydrogen-bond acceptors (Lipinski definition) is 4. The molecule has 1 unspecified atom stereocenters. The lowest BCUT2D eigenvalue weighted by molar-refractivity contribution is 0.155. The minimum atomic E-state index is -3.62. The molecule has 1 N–H and O–H groups in total. The maximum Gasteiger partial charge on any atom is 0.242 e. The number of methoxy groups -OCH3 is 1. The predicted molar refractivity (Wildman–Crippen MR) is 88.9 cm³/mol. The number of rotatable bonds is 6. The first-order valence-corrected chi connectivity index (χ1v) is 8.63. The number of aryl methyl sites for hydroxylation is 1. The first-order valence-electron chi connectivity index (χ1n) is 7.19. The highest BCUT2D eigenvalue weighted by molar-refractivity contribution is 7.89. The summed E-state index contributed by atoms with van der Waals surface area (Å²) in [6.07, 6.45) is -0.911. The zero-order chi connectivity index (χ0) is 17.0. The van der Waals surface area contributed by atoms with Crippen LogP contribution >= 0.6 is 0 Å². The number of benzene rings is 2. The monoisotopic (exact) mass is 335 g/mol. The molecule has 0 saturated heterocycles. The second-order valence-corrected chi connectivity index (χ2v) is 7.43. The van der Waals surface area contributed by atoms with E-state index in [0.717, 1.165) is 9.87 Å². The number of aliphatic hydroxyl groups is 1. The minimum Gasteiger partial charge on any atom is -0.497 e. The highest BCUT2D eigenvalue weighted by Crippen LogP contribution is 2.21. The highest BCUT2D eigenvalue weighted by atomic mass is 32.2. The molecule has 0 amide bonds. The Kier molecular flexibility index (Phi) is 5.41. The van der Waals surface area contributed by atoms with E-state index in [2.05, 4.69) is 0 Å². The molecule has 0 saturated carbocycles. The Morgan fingerprint density at radius 1 is 1.09 bits per heavy atom. The third-order valence-electron chi connectivity index (χ3n) is 3.66. The van der Waals surface area contributed by atoms with Gasteiger partial charge in [0.1, 0.15) is 5.75 Å². The van der Waals surface area contributed by atoms with Gasteiger partial charge in [0.05, 0.1) is 18.1 Å². The van der Waals surface area contributed by atoms with Gasteiger partial charge in [-0.05, 0) is 36.8 Å². The van der Waals surface area contributed by atoms with Gasteiger partial charge in [-0.25, -0.2) is 8.42 Å². The third kappa shape index (κ3) is 4.10. The van der Waals surface area contributed by atoms with Gasteiger partial charge < -0.3 is 9.84 Å². The molecule has 0 aliphatic rings. The lowest BCUT2D eigenvalue weighted by Gasteiger charge is -2.21. The zero-order valence-corrected chi connectivity index (χ0v) is 14.2. The van der Waals surface area contributed by atoms with Crippen molar-refractivity contribution in [3.63, 3.8) is 0 Å². The lowest BCUT2D eigenvalue weighted by atomic mass is 10.1. The summed E-state index contributed by atoms with van der Waals surface area (Å²) in [5.41, 5.74) is 1.63. The Morgan fingerprint density at radius 2 is 1.65 bits per heavy atom. The van der Waals surface area contributed by atoms with Gasteiger partial charge in [0.2, 0.25) is 10.0 Å². The molecule has 0 aliphatic heterocycles. The van der Waals surface area contributed by atoms with Crippen molar-refractivity contribution in [2.45, 2.75) is 17.9 Å². The van der Waals surface area contributed by atoms with Crippen LogP contribution in [0.2, 0.25) is 0 Å².